The monoisotopic (exact) mass is 386 g/mol. The Labute approximate surface area is 162 Å². The lowest BCUT2D eigenvalue weighted by Crippen LogP contribution is -2.36. The van der Waals surface area contributed by atoms with Gasteiger partial charge < -0.3 is 14.4 Å². The van der Waals surface area contributed by atoms with Crippen LogP contribution in [0, 0.1) is 18.3 Å². The number of hydrogen-bond donors (Lipinski definition) is 0. The van der Waals surface area contributed by atoms with Crippen LogP contribution in [0.5, 0.6) is 5.75 Å². The third kappa shape index (κ3) is 6.32. The number of para-hydroxylation sites is 1. The van der Waals surface area contributed by atoms with Gasteiger partial charge in [-0.05, 0) is 42.8 Å². The van der Waals surface area contributed by atoms with Crippen LogP contribution in [-0.2, 0) is 14.3 Å². The average molecular weight is 387 g/mol. The number of ether oxygens (including phenoxy) is 2. The van der Waals surface area contributed by atoms with Gasteiger partial charge in [0.25, 0.3) is 5.91 Å². The highest BCUT2D eigenvalue weighted by molar-refractivity contribution is 6.31. The van der Waals surface area contributed by atoms with E-state index in [1.54, 1.807) is 42.5 Å². The standard InChI is InChI=1S/C20H19ClN2O4/c1-15-12-17(8-9-18(15)21)26-14-20(25)27-13-19(24)23(11-5-10-22)16-6-3-2-4-7-16/h2-4,6-9,12H,5,11,13-14H2,1H3. The third-order valence-electron chi connectivity index (χ3n) is 3.66. The smallest absolute Gasteiger partial charge is 0.344 e. The van der Waals surface area contributed by atoms with E-state index in [2.05, 4.69) is 0 Å². The number of hydrogen-bond acceptors (Lipinski definition) is 5. The Kier molecular flexibility index (Phi) is 7.65. The van der Waals surface area contributed by atoms with Crippen LogP contribution >= 0.6 is 11.6 Å². The first-order chi connectivity index (χ1) is 13.0. The van der Waals surface area contributed by atoms with E-state index in [4.69, 9.17) is 26.3 Å². The predicted molar refractivity (Wildman–Crippen MR) is 102 cm³/mol. The van der Waals surface area contributed by atoms with Crippen LogP contribution in [0.2, 0.25) is 5.02 Å². The second-order valence-corrected chi connectivity index (χ2v) is 6.06. The van der Waals surface area contributed by atoms with Gasteiger partial charge in [0, 0.05) is 17.3 Å². The van der Waals surface area contributed by atoms with Gasteiger partial charge in [0.2, 0.25) is 0 Å². The largest absolute Gasteiger partial charge is 0.482 e. The molecule has 0 spiro atoms. The molecule has 6 nitrogen and oxygen atoms in total. The Hall–Kier alpha value is -3.04. The lowest BCUT2D eigenvalue weighted by molar-refractivity contribution is -0.149. The Morgan fingerprint density at radius 1 is 1.15 bits per heavy atom. The molecular formula is C20H19ClN2O4. The fourth-order valence-corrected chi connectivity index (χ4v) is 2.40. The molecule has 2 rings (SSSR count). The lowest BCUT2D eigenvalue weighted by Gasteiger charge is -2.21. The Bertz CT molecular complexity index is 834. The van der Waals surface area contributed by atoms with Crippen LogP contribution in [0.25, 0.3) is 0 Å². The zero-order valence-electron chi connectivity index (χ0n) is 14.9. The van der Waals surface area contributed by atoms with Crippen LogP contribution in [0.1, 0.15) is 12.0 Å². The van der Waals surface area contributed by atoms with E-state index in [-0.39, 0.29) is 19.6 Å². The molecule has 0 saturated heterocycles. The summed E-state index contributed by atoms with van der Waals surface area (Å²) in [5.41, 5.74) is 1.47. The molecule has 0 radical (unpaired) electrons. The summed E-state index contributed by atoms with van der Waals surface area (Å²) in [4.78, 5) is 25.7. The minimum atomic E-state index is -0.663. The molecule has 1 amide bonds. The van der Waals surface area contributed by atoms with Gasteiger partial charge in [-0.1, -0.05) is 29.8 Å². The number of amides is 1. The van der Waals surface area contributed by atoms with Crippen molar-refractivity contribution in [3.05, 3.63) is 59.1 Å². The number of esters is 1. The van der Waals surface area contributed by atoms with Gasteiger partial charge in [-0.2, -0.15) is 5.26 Å². The molecule has 140 valence electrons. The van der Waals surface area contributed by atoms with Crippen LogP contribution in [0.4, 0.5) is 5.69 Å². The second kappa shape index (κ2) is 10.2. The number of aryl methyl sites for hydroxylation is 1. The highest BCUT2D eigenvalue weighted by Gasteiger charge is 2.17. The van der Waals surface area contributed by atoms with E-state index in [0.717, 1.165) is 5.56 Å². The van der Waals surface area contributed by atoms with Gasteiger partial charge in [0.15, 0.2) is 13.2 Å². The number of nitrogens with zero attached hydrogens (tertiary/aromatic N) is 2. The summed E-state index contributed by atoms with van der Waals surface area (Å²) in [5.74, 6) is -0.587. The first kappa shape index (κ1) is 20.3. The maximum atomic E-state index is 12.4. The van der Waals surface area contributed by atoms with E-state index >= 15 is 0 Å². The highest BCUT2D eigenvalue weighted by atomic mass is 35.5. The van der Waals surface area contributed by atoms with Crippen molar-refractivity contribution in [2.45, 2.75) is 13.3 Å². The van der Waals surface area contributed by atoms with E-state index < -0.39 is 18.5 Å². The minimum absolute atomic E-state index is 0.174. The molecule has 7 heteroatoms. The van der Waals surface area contributed by atoms with Crippen molar-refractivity contribution in [2.24, 2.45) is 0 Å². The van der Waals surface area contributed by atoms with E-state index in [9.17, 15) is 9.59 Å². The van der Waals surface area contributed by atoms with E-state index in [1.807, 2.05) is 19.1 Å². The topological polar surface area (TPSA) is 79.6 Å². The molecular weight excluding hydrogens is 368 g/mol. The predicted octanol–water partition coefficient (Wildman–Crippen LogP) is 3.52. The van der Waals surface area contributed by atoms with Crippen molar-refractivity contribution in [2.75, 3.05) is 24.7 Å². The van der Waals surface area contributed by atoms with Gasteiger partial charge in [-0.15, -0.1) is 0 Å². The molecule has 0 N–H and O–H groups in total. The zero-order valence-corrected chi connectivity index (χ0v) is 15.6. The summed E-state index contributed by atoms with van der Waals surface area (Å²) >= 11 is 5.93. The lowest BCUT2D eigenvalue weighted by atomic mass is 10.2. The second-order valence-electron chi connectivity index (χ2n) is 5.65. The zero-order chi connectivity index (χ0) is 19.6. The highest BCUT2D eigenvalue weighted by Crippen LogP contribution is 2.21. The molecule has 0 aliphatic rings. The van der Waals surface area contributed by atoms with Crippen molar-refractivity contribution in [1.82, 2.24) is 0 Å². The van der Waals surface area contributed by atoms with Crippen molar-refractivity contribution >= 4 is 29.2 Å². The van der Waals surface area contributed by atoms with Gasteiger partial charge in [0.05, 0.1) is 12.5 Å². The summed E-state index contributed by atoms with van der Waals surface area (Å²) in [6, 6.07) is 15.9. The van der Waals surface area contributed by atoms with Crippen LogP contribution in [-0.4, -0.2) is 31.6 Å². The summed E-state index contributed by atoms with van der Waals surface area (Å²) in [6.45, 7) is 1.29. The Balaban J connectivity index is 1.87. The molecule has 0 aliphatic carbocycles. The molecule has 2 aromatic rings. The van der Waals surface area contributed by atoms with Gasteiger partial charge in [0.1, 0.15) is 5.75 Å². The van der Waals surface area contributed by atoms with Gasteiger partial charge in [-0.3, -0.25) is 4.79 Å². The van der Waals surface area contributed by atoms with Crippen LogP contribution < -0.4 is 9.64 Å². The third-order valence-corrected chi connectivity index (χ3v) is 4.08. The number of carbonyl (C=O) groups excluding carboxylic acids is 2. The van der Waals surface area contributed by atoms with E-state index in [0.29, 0.717) is 16.5 Å². The SMILES string of the molecule is Cc1cc(OCC(=O)OCC(=O)N(CCC#N)c2ccccc2)ccc1Cl. The molecule has 0 unspecified atom stereocenters. The molecule has 2 aromatic carbocycles. The van der Waals surface area contributed by atoms with Gasteiger partial charge >= 0.3 is 5.97 Å². The molecule has 0 fully saturated rings. The number of rotatable bonds is 8. The Morgan fingerprint density at radius 2 is 1.89 bits per heavy atom. The molecule has 0 aliphatic heterocycles. The van der Waals surface area contributed by atoms with Crippen molar-refractivity contribution in [1.29, 1.82) is 5.26 Å². The first-order valence-corrected chi connectivity index (χ1v) is 8.66. The molecule has 27 heavy (non-hydrogen) atoms. The number of halogens is 1. The Morgan fingerprint density at radius 3 is 2.56 bits per heavy atom. The van der Waals surface area contributed by atoms with Crippen molar-refractivity contribution in [3.63, 3.8) is 0 Å². The number of nitriles is 1. The maximum absolute atomic E-state index is 12.4. The van der Waals surface area contributed by atoms with Crippen LogP contribution in [0.3, 0.4) is 0 Å². The normalized spacial score (nSPS) is 9.96. The summed E-state index contributed by atoms with van der Waals surface area (Å²) in [5, 5.41) is 9.38. The quantitative estimate of drug-likeness (QED) is 0.648. The molecule has 0 heterocycles. The average Bonchev–Trinajstić information content (AvgIpc) is 2.68. The summed E-state index contributed by atoms with van der Waals surface area (Å²) in [7, 11) is 0. The van der Waals surface area contributed by atoms with E-state index in [1.165, 1.54) is 4.90 Å². The number of anilines is 1. The molecule has 0 aromatic heterocycles. The molecule has 0 atom stereocenters. The fourth-order valence-electron chi connectivity index (χ4n) is 2.28. The minimum Gasteiger partial charge on any atom is -0.482 e. The summed E-state index contributed by atoms with van der Waals surface area (Å²) < 4.78 is 10.3. The van der Waals surface area contributed by atoms with Crippen LogP contribution in [0.15, 0.2) is 48.5 Å². The maximum Gasteiger partial charge on any atom is 0.344 e. The van der Waals surface area contributed by atoms with Crippen molar-refractivity contribution in [3.8, 4) is 11.8 Å². The fraction of sp³-hybridized carbons (Fsp3) is 0.250. The number of benzene rings is 2. The molecule has 0 saturated carbocycles. The summed E-state index contributed by atoms with van der Waals surface area (Å²) in [6.07, 6.45) is 0.174. The van der Waals surface area contributed by atoms with Gasteiger partial charge in [-0.25, -0.2) is 4.79 Å². The first-order valence-electron chi connectivity index (χ1n) is 8.28. The van der Waals surface area contributed by atoms with Crippen molar-refractivity contribution < 1.29 is 19.1 Å². The molecule has 0 bridgehead atoms. The number of carbonyl (C=O) groups is 2.